The van der Waals surface area contributed by atoms with Crippen LogP contribution in [0.5, 0.6) is 0 Å². The average Bonchev–Trinajstić information content (AvgIpc) is 3.33. The van der Waals surface area contributed by atoms with Crippen LogP contribution in [0, 0.1) is 12.7 Å². The Hall–Kier alpha value is -2.60. The molecule has 1 aliphatic carbocycles. The van der Waals surface area contributed by atoms with E-state index in [0.29, 0.717) is 17.8 Å². The molecule has 1 aliphatic heterocycles. The zero-order chi connectivity index (χ0) is 20.8. The fourth-order valence-electron chi connectivity index (χ4n) is 4.77. The molecule has 1 aromatic carbocycles. The number of hydrogen-bond acceptors (Lipinski definition) is 2. The summed E-state index contributed by atoms with van der Waals surface area (Å²) in [6.45, 7) is 4.42. The van der Waals surface area contributed by atoms with Crippen LogP contribution >= 0.6 is 11.3 Å². The van der Waals surface area contributed by atoms with Crippen molar-refractivity contribution in [2.75, 3.05) is 5.32 Å². The summed E-state index contributed by atoms with van der Waals surface area (Å²) in [6.07, 6.45) is 7.61. The smallest absolute Gasteiger partial charge is 0.312 e. The molecular formula is C24H26FN3OS. The van der Waals surface area contributed by atoms with Gasteiger partial charge in [0.2, 0.25) is 0 Å². The largest absolute Gasteiger partial charge is 0.322 e. The average molecular weight is 424 g/mol. The van der Waals surface area contributed by atoms with Crippen molar-refractivity contribution in [1.82, 2.24) is 9.47 Å². The van der Waals surface area contributed by atoms with Gasteiger partial charge in [-0.15, -0.1) is 11.3 Å². The van der Waals surface area contributed by atoms with Gasteiger partial charge in [-0.1, -0.05) is 13.0 Å². The maximum absolute atomic E-state index is 14.0. The molecule has 0 bridgehead atoms. The molecule has 0 saturated heterocycles. The predicted molar refractivity (Wildman–Crippen MR) is 119 cm³/mol. The number of carbonyl (C=O) groups excluding carboxylic acids is 1. The van der Waals surface area contributed by atoms with E-state index in [2.05, 4.69) is 35.1 Å². The number of carbonyl (C=O) groups is 1. The normalized spacial score (nSPS) is 17.7. The minimum Gasteiger partial charge on any atom is -0.312 e. The molecule has 2 amide bonds. The van der Waals surface area contributed by atoms with Gasteiger partial charge < -0.3 is 14.8 Å². The number of fused-ring (bicyclic) bond motifs is 5. The number of benzene rings is 1. The highest BCUT2D eigenvalue weighted by molar-refractivity contribution is 7.15. The highest BCUT2D eigenvalue weighted by Gasteiger charge is 2.34. The summed E-state index contributed by atoms with van der Waals surface area (Å²) in [7, 11) is 0. The lowest BCUT2D eigenvalue weighted by molar-refractivity contribution is 0.181. The van der Waals surface area contributed by atoms with E-state index in [1.165, 1.54) is 39.9 Å². The van der Waals surface area contributed by atoms with E-state index < -0.39 is 0 Å². The molecule has 0 saturated carbocycles. The molecule has 0 spiro atoms. The summed E-state index contributed by atoms with van der Waals surface area (Å²) in [4.78, 5) is 16.8. The quantitative estimate of drug-likeness (QED) is 0.511. The first kappa shape index (κ1) is 19.4. The van der Waals surface area contributed by atoms with Gasteiger partial charge >= 0.3 is 6.03 Å². The predicted octanol–water partition coefficient (Wildman–Crippen LogP) is 6.36. The lowest BCUT2D eigenvalue weighted by Gasteiger charge is -2.30. The van der Waals surface area contributed by atoms with Gasteiger partial charge in [-0.2, -0.15) is 0 Å². The van der Waals surface area contributed by atoms with Gasteiger partial charge in [0.1, 0.15) is 10.8 Å². The maximum Gasteiger partial charge on any atom is 0.322 e. The van der Waals surface area contributed by atoms with Crippen molar-refractivity contribution >= 4 is 23.1 Å². The second-order valence-electron chi connectivity index (χ2n) is 8.24. The third-order valence-electron chi connectivity index (χ3n) is 6.38. The van der Waals surface area contributed by atoms with Crippen LogP contribution in [0.4, 0.5) is 14.9 Å². The fraction of sp³-hybridized carbons (Fsp3) is 0.375. The fourth-order valence-corrected chi connectivity index (χ4v) is 6.18. The Bertz CT molecular complexity index is 1120. The number of anilines is 1. The van der Waals surface area contributed by atoms with Crippen LogP contribution in [0.1, 0.15) is 59.5 Å². The number of halogens is 1. The zero-order valence-electron chi connectivity index (χ0n) is 17.4. The Kier molecular flexibility index (Phi) is 4.89. The number of rotatable bonds is 2. The van der Waals surface area contributed by atoms with Crippen molar-refractivity contribution in [3.05, 3.63) is 69.6 Å². The molecule has 4 nitrogen and oxygen atoms in total. The van der Waals surface area contributed by atoms with Crippen LogP contribution in [0.15, 0.2) is 36.5 Å². The Morgan fingerprint density at radius 1 is 1.23 bits per heavy atom. The zero-order valence-corrected chi connectivity index (χ0v) is 18.2. The molecule has 3 heterocycles. The van der Waals surface area contributed by atoms with Gasteiger partial charge in [-0.3, -0.25) is 0 Å². The van der Waals surface area contributed by atoms with Crippen LogP contribution in [0.25, 0.3) is 5.00 Å². The third kappa shape index (κ3) is 3.14. The number of aryl methyl sites for hydroxylation is 2. The second kappa shape index (κ2) is 7.58. The van der Waals surface area contributed by atoms with Crippen molar-refractivity contribution in [1.29, 1.82) is 0 Å². The van der Waals surface area contributed by atoms with Crippen LogP contribution in [0.3, 0.4) is 0 Å². The summed E-state index contributed by atoms with van der Waals surface area (Å²) in [5.41, 5.74) is 4.93. The molecular weight excluding hydrogens is 397 g/mol. The molecule has 0 unspecified atom stereocenters. The Labute approximate surface area is 180 Å². The number of thiophene rings is 1. The second-order valence-corrected chi connectivity index (χ2v) is 9.33. The lowest BCUT2D eigenvalue weighted by atomic mass is 9.95. The van der Waals surface area contributed by atoms with Gasteiger partial charge in [-0.25, -0.2) is 9.18 Å². The first-order valence-electron chi connectivity index (χ1n) is 10.7. The minimum absolute atomic E-state index is 0.0332. The number of amides is 2. The van der Waals surface area contributed by atoms with Crippen molar-refractivity contribution in [3.63, 3.8) is 0 Å². The number of nitrogens with one attached hydrogen (secondary N) is 1. The molecule has 2 aliphatic rings. The summed E-state index contributed by atoms with van der Waals surface area (Å²) in [6, 6.07) is 8.83. The highest BCUT2D eigenvalue weighted by atomic mass is 32.1. The number of nitrogens with zero attached hydrogens (tertiary/aromatic N) is 2. The lowest BCUT2D eigenvalue weighted by Crippen LogP contribution is -2.37. The number of urea groups is 1. The van der Waals surface area contributed by atoms with Crippen LogP contribution in [-0.4, -0.2) is 15.5 Å². The van der Waals surface area contributed by atoms with Gasteiger partial charge in [0.05, 0.1) is 12.6 Å². The first-order valence-corrected chi connectivity index (χ1v) is 11.5. The van der Waals surface area contributed by atoms with Crippen LogP contribution < -0.4 is 5.32 Å². The van der Waals surface area contributed by atoms with Crippen molar-refractivity contribution in [2.24, 2.45) is 0 Å². The highest BCUT2D eigenvalue weighted by Crippen LogP contribution is 2.43. The summed E-state index contributed by atoms with van der Waals surface area (Å²) in [5.74, 6) is -0.307. The monoisotopic (exact) mass is 423 g/mol. The van der Waals surface area contributed by atoms with E-state index >= 15 is 0 Å². The number of aromatic nitrogens is 1. The minimum atomic E-state index is -0.307. The van der Waals surface area contributed by atoms with E-state index in [0.717, 1.165) is 25.0 Å². The van der Waals surface area contributed by atoms with E-state index in [1.54, 1.807) is 19.1 Å². The Morgan fingerprint density at radius 2 is 2.07 bits per heavy atom. The Balaban J connectivity index is 1.55. The molecule has 2 aromatic heterocycles. The maximum atomic E-state index is 14.0. The summed E-state index contributed by atoms with van der Waals surface area (Å²) < 4.78 is 16.3. The molecule has 1 atom stereocenters. The molecule has 3 aromatic rings. The van der Waals surface area contributed by atoms with Gasteiger partial charge in [0, 0.05) is 28.0 Å². The van der Waals surface area contributed by atoms with Crippen molar-refractivity contribution in [2.45, 2.75) is 58.5 Å². The van der Waals surface area contributed by atoms with Crippen molar-refractivity contribution < 1.29 is 9.18 Å². The molecule has 156 valence electrons. The molecule has 1 N–H and O–H groups in total. The molecule has 6 heteroatoms. The molecule has 30 heavy (non-hydrogen) atoms. The van der Waals surface area contributed by atoms with Crippen LogP contribution in [-0.2, 0) is 19.4 Å². The first-order chi connectivity index (χ1) is 14.6. The van der Waals surface area contributed by atoms with Gasteiger partial charge in [-0.05, 0) is 74.4 Å². The van der Waals surface area contributed by atoms with Crippen molar-refractivity contribution in [3.8, 4) is 5.00 Å². The van der Waals surface area contributed by atoms with Crippen LogP contribution in [0.2, 0.25) is 0 Å². The van der Waals surface area contributed by atoms with E-state index in [-0.39, 0.29) is 17.9 Å². The summed E-state index contributed by atoms with van der Waals surface area (Å²) >= 11 is 1.89. The number of hydrogen-bond donors (Lipinski definition) is 1. The molecule has 5 rings (SSSR count). The van der Waals surface area contributed by atoms with E-state index in [9.17, 15) is 9.18 Å². The van der Waals surface area contributed by atoms with Gasteiger partial charge in [0.25, 0.3) is 0 Å². The summed E-state index contributed by atoms with van der Waals surface area (Å²) in [5, 5.41) is 4.20. The third-order valence-corrected chi connectivity index (χ3v) is 7.71. The SMILES string of the molecule is CC[C@H]1c2cccn2-c2sc3c(c2CN1C(=O)Nc1ccc(C)c(F)c1)CCCC3. The standard InChI is InChI=1S/C24H26FN3OS/c1-3-20-21-8-6-12-27(21)23-18(17-7-4-5-9-22(17)30-23)14-28(20)24(29)26-16-11-10-15(2)19(25)13-16/h6,8,10-13,20H,3-5,7,9,14H2,1-2H3,(H,26,29)/t20-/m0/s1. The Morgan fingerprint density at radius 3 is 2.87 bits per heavy atom. The molecule has 0 radical (unpaired) electrons. The van der Waals surface area contributed by atoms with Gasteiger partial charge in [0.15, 0.2) is 0 Å². The molecule has 0 fully saturated rings. The van der Waals surface area contributed by atoms with E-state index in [4.69, 9.17) is 0 Å². The van der Waals surface area contributed by atoms with E-state index in [1.807, 2.05) is 16.2 Å². The topological polar surface area (TPSA) is 37.3 Å².